The first-order chi connectivity index (χ1) is 9.79. The van der Waals surface area contributed by atoms with Crippen LogP contribution in [0.25, 0.3) is 0 Å². The highest BCUT2D eigenvalue weighted by molar-refractivity contribution is 7.88. The molecule has 0 saturated heterocycles. The zero-order valence-electron chi connectivity index (χ0n) is 11.5. The zero-order valence-corrected chi connectivity index (χ0v) is 13.9. The molecule has 0 atom stereocenters. The summed E-state index contributed by atoms with van der Waals surface area (Å²) < 4.78 is 39.0. The van der Waals surface area contributed by atoms with Crippen molar-refractivity contribution in [3.63, 3.8) is 0 Å². The second-order valence-corrected chi connectivity index (χ2v) is 8.04. The van der Waals surface area contributed by atoms with Crippen molar-refractivity contribution in [3.05, 3.63) is 50.7 Å². The summed E-state index contributed by atoms with van der Waals surface area (Å²) in [7, 11) is -1.99. The molecular weight excluding hydrogens is 335 g/mol. The van der Waals surface area contributed by atoms with Gasteiger partial charge in [0.2, 0.25) is 10.0 Å². The van der Waals surface area contributed by atoms with Crippen LogP contribution in [-0.2, 0) is 22.3 Å². The number of benzene rings is 1. The SMILES string of the molecule is Cc1ncsc1CN(C)S(=O)(=O)Cc1ccc(F)c(Cl)c1. The molecule has 1 aromatic heterocycles. The smallest absolute Gasteiger partial charge is 0.218 e. The van der Waals surface area contributed by atoms with Crippen LogP contribution in [0.3, 0.4) is 0 Å². The highest BCUT2D eigenvalue weighted by Gasteiger charge is 2.20. The van der Waals surface area contributed by atoms with Gasteiger partial charge in [-0.2, -0.15) is 4.31 Å². The summed E-state index contributed by atoms with van der Waals surface area (Å²) in [6, 6.07) is 3.92. The first-order valence-corrected chi connectivity index (χ1v) is 8.93. The molecule has 2 aromatic rings. The molecule has 1 heterocycles. The van der Waals surface area contributed by atoms with Gasteiger partial charge in [0.1, 0.15) is 5.82 Å². The molecule has 21 heavy (non-hydrogen) atoms. The van der Waals surface area contributed by atoms with Crippen LogP contribution in [0.15, 0.2) is 23.7 Å². The molecule has 0 unspecified atom stereocenters. The van der Waals surface area contributed by atoms with Crippen LogP contribution < -0.4 is 0 Å². The van der Waals surface area contributed by atoms with Gasteiger partial charge >= 0.3 is 0 Å². The Labute approximate surface area is 132 Å². The van der Waals surface area contributed by atoms with Crippen molar-refractivity contribution in [2.45, 2.75) is 19.2 Å². The summed E-state index contributed by atoms with van der Waals surface area (Å²) in [4.78, 5) is 5.00. The molecule has 0 radical (unpaired) electrons. The van der Waals surface area contributed by atoms with Gasteiger partial charge in [-0.05, 0) is 24.6 Å². The number of hydrogen-bond acceptors (Lipinski definition) is 4. The zero-order chi connectivity index (χ0) is 15.6. The number of rotatable bonds is 5. The number of hydrogen-bond donors (Lipinski definition) is 0. The fourth-order valence-electron chi connectivity index (χ4n) is 1.73. The van der Waals surface area contributed by atoms with Crippen LogP contribution in [0.5, 0.6) is 0 Å². The van der Waals surface area contributed by atoms with Crippen LogP contribution in [0.2, 0.25) is 5.02 Å². The van der Waals surface area contributed by atoms with E-state index >= 15 is 0 Å². The number of sulfonamides is 1. The van der Waals surface area contributed by atoms with Crippen molar-refractivity contribution in [2.24, 2.45) is 0 Å². The third-order valence-electron chi connectivity index (χ3n) is 3.02. The molecule has 0 aliphatic carbocycles. The van der Waals surface area contributed by atoms with Gasteiger partial charge in [0.05, 0.1) is 22.0 Å². The van der Waals surface area contributed by atoms with Crippen LogP contribution in [0.1, 0.15) is 16.1 Å². The molecule has 0 fully saturated rings. The number of nitrogens with zero attached hydrogens (tertiary/aromatic N) is 2. The third-order valence-corrected chi connectivity index (χ3v) is 6.01. The lowest BCUT2D eigenvalue weighted by atomic mass is 10.2. The van der Waals surface area contributed by atoms with Crippen molar-refractivity contribution in [1.82, 2.24) is 9.29 Å². The number of thiazole rings is 1. The summed E-state index contributed by atoms with van der Waals surface area (Å²) in [5.41, 5.74) is 2.96. The highest BCUT2D eigenvalue weighted by Crippen LogP contribution is 2.21. The Hall–Kier alpha value is -1.02. The fraction of sp³-hybridized carbons (Fsp3) is 0.308. The molecule has 0 amide bonds. The predicted octanol–water partition coefficient (Wildman–Crippen LogP) is 3.21. The molecule has 0 aliphatic heterocycles. The van der Waals surface area contributed by atoms with Crippen molar-refractivity contribution in [2.75, 3.05) is 7.05 Å². The van der Waals surface area contributed by atoms with E-state index in [0.29, 0.717) is 5.56 Å². The number of aryl methyl sites for hydroxylation is 1. The van der Waals surface area contributed by atoms with E-state index in [1.54, 1.807) is 5.51 Å². The maximum absolute atomic E-state index is 13.1. The molecule has 8 heteroatoms. The number of halogens is 2. The average Bonchev–Trinajstić information content (AvgIpc) is 2.79. The largest absolute Gasteiger partial charge is 0.250 e. The van der Waals surface area contributed by atoms with E-state index in [-0.39, 0.29) is 17.3 Å². The first-order valence-electron chi connectivity index (χ1n) is 6.06. The Balaban J connectivity index is 2.13. The van der Waals surface area contributed by atoms with Gasteiger partial charge in [0.15, 0.2) is 0 Å². The molecule has 0 bridgehead atoms. The molecule has 2 rings (SSSR count). The van der Waals surface area contributed by atoms with Crippen LogP contribution in [0, 0.1) is 12.7 Å². The second-order valence-electron chi connectivity index (χ2n) is 4.62. The van der Waals surface area contributed by atoms with E-state index in [4.69, 9.17) is 11.6 Å². The maximum atomic E-state index is 13.1. The summed E-state index contributed by atoms with van der Waals surface area (Å²) >= 11 is 7.08. The summed E-state index contributed by atoms with van der Waals surface area (Å²) in [5.74, 6) is -0.784. The van der Waals surface area contributed by atoms with Crippen molar-refractivity contribution >= 4 is 33.0 Å². The minimum Gasteiger partial charge on any atom is -0.250 e. The predicted molar refractivity (Wildman–Crippen MR) is 82.4 cm³/mol. The Kier molecular flexibility index (Phi) is 4.98. The molecule has 0 aliphatic rings. The molecule has 114 valence electrons. The van der Waals surface area contributed by atoms with Gasteiger partial charge in [-0.3, -0.25) is 0 Å². The third kappa shape index (κ3) is 4.00. The van der Waals surface area contributed by atoms with Crippen LogP contribution >= 0.6 is 22.9 Å². The molecular formula is C13H14ClFN2O2S2. The first kappa shape index (κ1) is 16.4. The van der Waals surface area contributed by atoms with Gasteiger partial charge in [-0.1, -0.05) is 17.7 Å². The molecule has 0 spiro atoms. The lowest BCUT2D eigenvalue weighted by Gasteiger charge is -2.16. The lowest BCUT2D eigenvalue weighted by molar-refractivity contribution is 0.468. The Morgan fingerprint density at radius 3 is 2.71 bits per heavy atom. The lowest BCUT2D eigenvalue weighted by Crippen LogP contribution is -2.27. The van der Waals surface area contributed by atoms with E-state index in [1.165, 1.54) is 40.9 Å². The van der Waals surface area contributed by atoms with E-state index in [2.05, 4.69) is 4.98 Å². The average molecular weight is 349 g/mol. The standard InChI is InChI=1S/C13H14ClFN2O2S2/c1-9-13(20-8-16-9)6-17(2)21(18,19)7-10-3-4-12(15)11(14)5-10/h3-5,8H,6-7H2,1-2H3. The van der Waals surface area contributed by atoms with Gasteiger partial charge in [0.25, 0.3) is 0 Å². The minimum atomic E-state index is -3.50. The van der Waals surface area contributed by atoms with Gasteiger partial charge in [0, 0.05) is 18.5 Å². The Morgan fingerprint density at radius 1 is 1.43 bits per heavy atom. The fourth-order valence-corrected chi connectivity index (χ4v) is 3.99. The van der Waals surface area contributed by atoms with Crippen molar-refractivity contribution < 1.29 is 12.8 Å². The van der Waals surface area contributed by atoms with Gasteiger partial charge < -0.3 is 0 Å². The second kappa shape index (κ2) is 6.39. The normalized spacial score (nSPS) is 12.0. The minimum absolute atomic E-state index is 0.0799. The summed E-state index contributed by atoms with van der Waals surface area (Å²) in [6.45, 7) is 2.11. The van der Waals surface area contributed by atoms with Gasteiger partial charge in [-0.15, -0.1) is 11.3 Å². The highest BCUT2D eigenvalue weighted by atomic mass is 35.5. The maximum Gasteiger partial charge on any atom is 0.218 e. The van der Waals surface area contributed by atoms with E-state index in [9.17, 15) is 12.8 Å². The van der Waals surface area contributed by atoms with Gasteiger partial charge in [-0.25, -0.2) is 17.8 Å². The van der Waals surface area contributed by atoms with E-state index in [0.717, 1.165) is 10.6 Å². The molecule has 0 N–H and O–H groups in total. The Morgan fingerprint density at radius 2 is 2.14 bits per heavy atom. The topological polar surface area (TPSA) is 50.3 Å². The molecule has 1 aromatic carbocycles. The van der Waals surface area contributed by atoms with Crippen molar-refractivity contribution in [3.8, 4) is 0 Å². The summed E-state index contributed by atoms with van der Waals surface area (Å²) in [5, 5.41) is -0.0799. The van der Waals surface area contributed by atoms with E-state index < -0.39 is 15.8 Å². The molecule has 0 saturated carbocycles. The van der Waals surface area contributed by atoms with E-state index in [1.807, 2.05) is 6.92 Å². The van der Waals surface area contributed by atoms with Crippen LogP contribution in [0.4, 0.5) is 4.39 Å². The quantitative estimate of drug-likeness (QED) is 0.833. The monoisotopic (exact) mass is 348 g/mol. The number of aromatic nitrogens is 1. The van der Waals surface area contributed by atoms with Crippen molar-refractivity contribution in [1.29, 1.82) is 0 Å². The van der Waals surface area contributed by atoms with Crippen LogP contribution in [-0.4, -0.2) is 24.8 Å². The molecule has 4 nitrogen and oxygen atoms in total. The Bertz CT molecular complexity index is 746. The summed E-state index contributed by atoms with van der Waals surface area (Å²) in [6.07, 6.45) is 0.